The van der Waals surface area contributed by atoms with Crippen molar-refractivity contribution in [1.82, 2.24) is 15.1 Å². The van der Waals surface area contributed by atoms with E-state index in [0.717, 1.165) is 18.2 Å². The van der Waals surface area contributed by atoms with Crippen molar-refractivity contribution in [2.75, 3.05) is 5.73 Å². The molecule has 2 aromatic heterocycles. The van der Waals surface area contributed by atoms with Crippen LogP contribution < -0.4 is 5.73 Å². The Hall–Kier alpha value is -1.91. The molecule has 1 aliphatic rings. The zero-order valence-electron chi connectivity index (χ0n) is 8.76. The second-order valence-corrected chi connectivity index (χ2v) is 4.10. The molecule has 2 heterocycles. The molecule has 0 radical (unpaired) electrons. The largest absolute Gasteiger partial charge is 0.397 e. The summed E-state index contributed by atoms with van der Waals surface area (Å²) < 4.78 is 5.16. The van der Waals surface area contributed by atoms with Gasteiger partial charge in [0.15, 0.2) is 11.5 Å². The first kappa shape index (κ1) is 9.33. The Morgan fingerprint density at radius 3 is 3.06 bits per heavy atom. The first-order valence-corrected chi connectivity index (χ1v) is 5.36. The monoisotopic (exact) mass is 216 g/mol. The van der Waals surface area contributed by atoms with Crippen LogP contribution in [0.4, 0.5) is 5.69 Å². The number of nitrogen functional groups attached to an aromatic ring is 1. The van der Waals surface area contributed by atoms with Gasteiger partial charge >= 0.3 is 0 Å². The molecule has 0 unspecified atom stereocenters. The van der Waals surface area contributed by atoms with Crippen LogP contribution in [0.1, 0.15) is 18.7 Å². The highest BCUT2D eigenvalue weighted by Crippen LogP contribution is 2.32. The Balaban J connectivity index is 1.88. The van der Waals surface area contributed by atoms with E-state index in [1.165, 1.54) is 12.8 Å². The summed E-state index contributed by atoms with van der Waals surface area (Å²) >= 11 is 0. The second kappa shape index (κ2) is 3.59. The topological polar surface area (TPSA) is 77.8 Å². The molecule has 0 aromatic carbocycles. The highest BCUT2D eigenvalue weighted by Gasteiger charge is 2.24. The summed E-state index contributed by atoms with van der Waals surface area (Å²) in [7, 11) is 0. The molecule has 0 bridgehead atoms. The molecule has 0 atom stereocenters. The van der Waals surface area contributed by atoms with Crippen LogP contribution >= 0.6 is 0 Å². The third-order valence-electron chi connectivity index (χ3n) is 2.68. The molecule has 5 heteroatoms. The molecule has 1 fully saturated rings. The zero-order valence-corrected chi connectivity index (χ0v) is 8.76. The van der Waals surface area contributed by atoms with Crippen molar-refractivity contribution in [2.24, 2.45) is 5.92 Å². The van der Waals surface area contributed by atoms with Crippen molar-refractivity contribution in [3.8, 4) is 11.6 Å². The number of nitrogens with zero attached hydrogens (tertiary/aromatic N) is 3. The van der Waals surface area contributed by atoms with Gasteiger partial charge in [-0.1, -0.05) is 5.16 Å². The number of nitrogens with two attached hydrogens (primary N) is 1. The van der Waals surface area contributed by atoms with Crippen LogP contribution in [-0.4, -0.2) is 15.1 Å². The molecule has 0 aliphatic heterocycles. The van der Waals surface area contributed by atoms with Gasteiger partial charge in [0, 0.05) is 12.6 Å². The summed E-state index contributed by atoms with van der Waals surface area (Å²) in [6.07, 6.45) is 5.11. The van der Waals surface area contributed by atoms with Crippen LogP contribution in [0.2, 0.25) is 0 Å². The maximum Gasteiger partial charge on any atom is 0.278 e. The highest BCUT2D eigenvalue weighted by atomic mass is 16.5. The first-order chi connectivity index (χ1) is 7.83. The van der Waals surface area contributed by atoms with Crippen molar-refractivity contribution < 1.29 is 4.52 Å². The number of pyridine rings is 1. The molecule has 1 aliphatic carbocycles. The summed E-state index contributed by atoms with van der Waals surface area (Å²) in [5.41, 5.74) is 6.91. The SMILES string of the molecule is Nc1cccnc1-c1nc(CC2CC2)no1. The van der Waals surface area contributed by atoms with E-state index >= 15 is 0 Å². The van der Waals surface area contributed by atoms with E-state index in [9.17, 15) is 0 Å². The van der Waals surface area contributed by atoms with Gasteiger partial charge in [0.1, 0.15) is 0 Å². The Bertz CT molecular complexity index is 504. The van der Waals surface area contributed by atoms with Crippen LogP contribution in [0.25, 0.3) is 11.6 Å². The van der Waals surface area contributed by atoms with Gasteiger partial charge in [-0.25, -0.2) is 4.98 Å². The Morgan fingerprint density at radius 2 is 2.31 bits per heavy atom. The lowest BCUT2D eigenvalue weighted by Crippen LogP contribution is -1.93. The van der Waals surface area contributed by atoms with Gasteiger partial charge in [-0.2, -0.15) is 4.98 Å². The molecule has 1 saturated carbocycles. The molecule has 16 heavy (non-hydrogen) atoms. The zero-order chi connectivity index (χ0) is 11.0. The standard InChI is InChI=1S/C11H12N4O/c12-8-2-1-5-13-10(8)11-14-9(15-16-11)6-7-3-4-7/h1-2,5,7H,3-4,6,12H2. The van der Waals surface area contributed by atoms with E-state index in [2.05, 4.69) is 15.1 Å². The molecule has 0 amide bonds. The lowest BCUT2D eigenvalue weighted by molar-refractivity contribution is 0.420. The fraction of sp³-hybridized carbons (Fsp3) is 0.364. The summed E-state index contributed by atoms with van der Waals surface area (Å²) in [6.45, 7) is 0. The Kier molecular flexibility index (Phi) is 2.09. The molecule has 2 aromatic rings. The number of anilines is 1. The predicted molar refractivity (Wildman–Crippen MR) is 58.4 cm³/mol. The van der Waals surface area contributed by atoms with Gasteiger partial charge in [-0.05, 0) is 30.9 Å². The maximum atomic E-state index is 5.79. The van der Waals surface area contributed by atoms with E-state index in [1.54, 1.807) is 18.3 Å². The van der Waals surface area contributed by atoms with Crippen LogP contribution in [0, 0.1) is 5.92 Å². The Labute approximate surface area is 92.7 Å². The molecule has 0 spiro atoms. The lowest BCUT2D eigenvalue weighted by atomic mass is 10.3. The minimum atomic E-state index is 0.411. The van der Waals surface area contributed by atoms with Crippen LogP contribution in [0.15, 0.2) is 22.9 Å². The van der Waals surface area contributed by atoms with Crippen molar-refractivity contribution in [1.29, 1.82) is 0 Å². The van der Waals surface area contributed by atoms with Crippen molar-refractivity contribution in [3.05, 3.63) is 24.2 Å². The molecule has 3 rings (SSSR count). The van der Waals surface area contributed by atoms with Gasteiger partial charge in [0.05, 0.1) is 5.69 Å². The first-order valence-electron chi connectivity index (χ1n) is 5.36. The smallest absolute Gasteiger partial charge is 0.278 e. The molecule has 82 valence electrons. The number of rotatable bonds is 3. The normalized spacial score (nSPS) is 15.2. The van der Waals surface area contributed by atoms with Gasteiger partial charge < -0.3 is 10.3 Å². The van der Waals surface area contributed by atoms with Gasteiger partial charge in [-0.3, -0.25) is 0 Å². The highest BCUT2D eigenvalue weighted by molar-refractivity contribution is 5.65. The number of hydrogen-bond donors (Lipinski definition) is 1. The average Bonchev–Trinajstić information content (AvgIpc) is 2.97. The third kappa shape index (κ3) is 1.76. The van der Waals surface area contributed by atoms with Crippen LogP contribution in [0.5, 0.6) is 0 Å². The van der Waals surface area contributed by atoms with E-state index < -0.39 is 0 Å². The molecule has 5 nitrogen and oxygen atoms in total. The van der Waals surface area contributed by atoms with E-state index in [0.29, 0.717) is 17.3 Å². The molecule has 2 N–H and O–H groups in total. The van der Waals surface area contributed by atoms with Gasteiger partial charge in [0.25, 0.3) is 5.89 Å². The maximum absolute atomic E-state index is 5.79. The quantitative estimate of drug-likeness (QED) is 0.844. The van der Waals surface area contributed by atoms with Crippen molar-refractivity contribution in [3.63, 3.8) is 0 Å². The van der Waals surface area contributed by atoms with E-state index in [4.69, 9.17) is 10.3 Å². The minimum Gasteiger partial charge on any atom is -0.397 e. The summed E-state index contributed by atoms with van der Waals surface area (Å²) in [6, 6.07) is 3.55. The third-order valence-corrected chi connectivity index (χ3v) is 2.68. The van der Waals surface area contributed by atoms with Crippen molar-refractivity contribution in [2.45, 2.75) is 19.3 Å². The van der Waals surface area contributed by atoms with E-state index in [-0.39, 0.29) is 0 Å². The predicted octanol–water partition coefficient (Wildman–Crippen LogP) is 1.67. The summed E-state index contributed by atoms with van der Waals surface area (Å²) in [5, 5.41) is 3.93. The molecular weight excluding hydrogens is 204 g/mol. The van der Waals surface area contributed by atoms with E-state index in [1.807, 2.05) is 0 Å². The fourth-order valence-electron chi connectivity index (χ4n) is 1.61. The van der Waals surface area contributed by atoms with Gasteiger partial charge in [-0.15, -0.1) is 0 Å². The second-order valence-electron chi connectivity index (χ2n) is 4.10. The molecule has 0 saturated heterocycles. The summed E-state index contributed by atoms with van der Waals surface area (Å²) in [4.78, 5) is 8.44. The lowest BCUT2D eigenvalue weighted by Gasteiger charge is -1.96. The fourth-order valence-corrected chi connectivity index (χ4v) is 1.61. The van der Waals surface area contributed by atoms with Crippen LogP contribution in [-0.2, 0) is 6.42 Å². The number of hydrogen-bond acceptors (Lipinski definition) is 5. The number of aromatic nitrogens is 3. The Morgan fingerprint density at radius 1 is 1.44 bits per heavy atom. The molecular formula is C11H12N4O. The average molecular weight is 216 g/mol. The summed E-state index contributed by atoms with van der Waals surface area (Å²) in [5.74, 6) is 1.91. The van der Waals surface area contributed by atoms with Crippen LogP contribution in [0.3, 0.4) is 0 Å². The van der Waals surface area contributed by atoms with Crippen molar-refractivity contribution >= 4 is 5.69 Å². The minimum absolute atomic E-state index is 0.411. The van der Waals surface area contributed by atoms with Gasteiger partial charge in [0.2, 0.25) is 0 Å².